The number of aromatic nitrogens is 2. The standard InChI is InChI=1S/C19H29N7O/c1-3-4-9-21-19-25-18(24-13-5-7-14(27)8-6-13)15(12-26(19)2)16-10-23-17(20)11-22-16/h10-11,14,27H,3-9,12H2,1-2H3,(H2,20,23)(H,21,25). The van der Waals surface area contributed by atoms with Gasteiger partial charge >= 0.3 is 0 Å². The molecule has 1 saturated carbocycles. The Bertz CT molecular complexity index is 729. The molecule has 2 heterocycles. The highest BCUT2D eigenvalue weighted by Gasteiger charge is 2.24. The maximum absolute atomic E-state index is 9.75. The van der Waals surface area contributed by atoms with Crippen molar-refractivity contribution >= 4 is 23.1 Å². The van der Waals surface area contributed by atoms with Gasteiger partial charge in [-0.25, -0.2) is 9.98 Å². The third-order valence-electron chi connectivity index (χ3n) is 4.83. The lowest BCUT2D eigenvalue weighted by Gasteiger charge is -2.30. The van der Waals surface area contributed by atoms with Crippen molar-refractivity contribution in [1.29, 1.82) is 0 Å². The number of rotatable bonds is 5. The Hall–Kier alpha value is -2.48. The van der Waals surface area contributed by atoms with Crippen molar-refractivity contribution in [2.24, 2.45) is 9.98 Å². The van der Waals surface area contributed by atoms with E-state index in [1.807, 2.05) is 7.05 Å². The Morgan fingerprint density at radius 1 is 1.30 bits per heavy atom. The molecule has 146 valence electrons. The lowest BCUT2D eigenvalue weighted by Crippen LogP contribution is -2.44. The summed E-state index contributed by atoms with van der Waals surface area (Å²) in [4.78, 5) is 20.2. The number of nitrogens with zero attached hydrogens (tertiary/aromatic N) is 5. The molecule has 0 atom stereocenters. The highest BCUT2D eigenvalue weighted by molar-refractivity contribution is 5.92. The predicted octanol–water partition coefficient (Wildman–Crippen LogP) is 1.79. The second-order valence-electron chi connectivity index (χ2n) is 7.10. The summed E-state index contributed by atoms with van der Waals surface area (Å²) in [6, 6.07) is 0. The van der Waals surface area contributed by atoms with Gasteiger partial charge in [-0.1, -0.05) is 13.3 Å². The van der Waals surface area contributed by atoms with Crippen LogP contribution in [0.3, 0.4) is 0 Å². The van der Waals surface area contributed by atoms with Gasteiger partial charge in [0.2, 0.25) is 0 Å². The summed E-state index contributed by atoms with van der Waals surface area (Å²) in [6.07, 6.45) is 8.36. The van der Waals surface area contributed by atoms with Crippen LogP contribution in [-0.4, -0.2) is 57.9 Å². The molecule has 8 heteroatoms. The first-order valence-electron chi connectivity index (χ1n) is 9.65. The molecule has 8 nitrogen and oxygen atoms in total. The maximum atomic E-state index is 9.75. The number of hydrogen-bond acceptors (Lipinski definition) is 6. The zero-order valence-electron chi connectivity index (χ0n) is 16.1. The van der Waals surface area contributed by atoms with E-state index in [9.17, 15) is 5.11 Å². The molecule has 3 rings (SSSR count). The Morgan fingerprint density at radius 2 is 2.07 bits per heavy atom. The number of nitrogens with one attached hydrogen (secondary N) is 1. The van der Waals surface area contributed by atoms with Crippen LogP contribution in [0.5, 0.6) is 0 Å². The number of guanidine groups is 1. The van der Waals surface area contributed by atoms with E-state index in [2.05, 4.69) is 32.1 Å². The highest BCUT2D eigenvalue weighted by atomic mass is 16.3. The van der Waals surface area contributed by atoms with Gasteiger partial charge in [0.15, 0.2) is 5.96 Å². The van der Waals surface area contributed by atoms with Gasteiger partial charge in [-0.2, -0.15) is 0 Å². The van der Waals surface area contributed by atoms with Crippen LogP contribution in [0.25, 0.3) is 5.57 Å². The Balaban J connectivity index is 1.93. The smallest absolute Gasteiger partial charge is 0.199 e. The van der Waals surface area contributed by atoms with Gasteiger partial charge in [-0.3, -0.25) is 9.98 Å². The highest BCUT2D eigenvalue weighted by Crippen LogP contribution is 2.24. The molecule has 1 fully saturated rings. The quantitative estimate of drug-likeness (QED) is 0.681. The summed E-state index contributed by atoms with van der Waals surface area (Å²) < 4.78 is 0. The molecular formula is C19H29N7O. The molecule has 27 heavy (non-hydrogen) atoms. The zero-order valence-corrected chi connectivity index (χ0v) is 16.1. The van der Waals surface area contributed by atoms with Crippen molar-refractivity contribution < 1.29 is 5.11 Å². The third kappa shape index (κ3) is 5.03. The summed E-state index contributed by atoms with van der Waals surface area (Å²) in [5.41, 5.74) is 8.51. The Morgan fingerprint density at radius 3 is 2.74 bits per heavy atom. The van der Waals surface area contributed by atoms with Crippen molar-refractivity contribution in [1.82, 2.24) is 20.2 Å². The second-order valence-corrected chi connectivity index (χ2v) is 7.10. The number of nitrogens with two attached hydrogens (primary N) is 1. The number of aliphatic hydroxyl groups is 1. The van der Waals surface area contributed by atoms with E-state index in [1.165, 1.54) is 0 Å². The van der Waals surface area contributed by atoms with Crippen molar-refractivity contribution in [3.63, 3.8) is 0 Å². The first kappa shape index (κ1) is 19.3. The summed E-state index contributed by atoms with van der Waals surface area (Å²) in [6.45, 7) is 3.59. The van der Waals surface area contributed by atoms with Crippen LogP contribution in [0.15, 0.2) is 28.2 Å². The van der Waals surface area contributed by atoms with Gasteiger partial charge < -0.3 is 21.1 Å². The van der Waals surface area contributed by atoms with Crippen LogP contribution in [0.2, 0.25) is 0 Å². The molecule has 0 radical (unpaired) electrons. The molecule has 1 aromatic heterocycles. The van der Waals surface area contributed by atoms with Crippen molar-refractivity contribution in [2.45, 2.75) is 51.6 Å². The average molecular weight is 371 g/mol. The molecule has 0 unspecified atom stereocenters. The Kier molecular flexibility index (Phi) is 6.39. The van der Waals surface area contributed by atoms with Crippen LogP contribution in [-0.2, 0) is 0 Å². The molecule has 0 amide bonds. The molecular weight excluding hydrogens is 342 g/mol. The van der Waals surface area contributed by atoms with E-state index in [-0.39, 0.29) is 6.10 Å². The number of hydrogen-bond donors (Lipinski definition) is 3. The lowest BCUT2D eigenvalue weighted by atomic mass is 9.96. The number of aliphatic hydroxyl groups excluding tert-OH is 1. The third-order valence-corrected chi connectivity index (χ3v) is 4.83. The number of likely N-dealkylation sites (N-methyl/N-ethyl adjacent to an activating group) is 1. The molecule has 1 aliphatic carbocycles. The fraction of sp³-hybridized carbons (Fsp3) is 0.579. The molecule has 0 saturated heterocycles. The minimum absolute atomic E-state index is 0.211. The van der Waals surface area contributed by atoms with Crippen LogP contribution in [0.4, 0.5) is 5.82 Å². The van der Waals surface area contributed by atoms with Gasteiger partial charge in [0.25, 0.3) is 0 Å². The second kappa shape index (κ2) is 8.94. The topological polar surface area (TPSA) is 112 Å². The molecule has 4 N–H and O–H groups in total. The van der Waals surface area contributed by atoms with E-state index >= 15 is 0 Å². The molecule has 0 spiro atoms. The number of unbranched alkanes of at least 4 members (excludes halogenated alkanes) is 1. The lowest BCUT2D eigenvalue weighted by molar-refractivity contribution is 0.152. The van der Waals surface area contributed by atoms with E-state index in [4.69, 9.17) is 10.7 Å². The van der Waals surface area contributed by atoms with Crippen LogP contribution in [0, 0.1) is 0 Å². The van der Waals surface area contributed by atoms with Crippen molar-refractivity contribution in [3.05, 3.63) is 23.9 Å². The minimum Gasteiger partial charge on any atom is -0.393 e. The first-order valence-corrected chi connectivity index (χ1v) is 9.65. The zero-order chi connectivity index (χ0) is 19.2. The number of aliphatic imine (C=N–C) groups is 2. The van der Waals surface area contributed by atoms with Crippen LogP contribution < -0.4 is 11.1 Å². The van der Waals surface area contributed by atoms with Gasteiger partial charge in [0.1, 0.15) is 11.6 Å². The monoisotopic (exact) mass is 371 g/mol. The predicted molar refractivity (Wildman–Crippen MR) is 108 cm³/mol. The van der Waals surface area contributed by atoms with E-state index in [1.54, 1.807) is 12.4 Å². The molecule has 1 aliphatic heterocycles. The van der Waals surface area contributed by atoms with Gasteiger partial charge in [-0.15, -0.1) is 0 Å². The average Bonchev–Trinajstić information content (AvgIpc) is 2.66. The fourth-order valence-corrected chi connectivity index (χ4v) is 3.16. The van der Waals surface area contributed by atoms with E-state index in [0.29, 0.717) is 12.4 Å². The van der Waals surface area contributed by atoms with Gasteiger partial charge in [0, 0.05) is 24.9 Å². The fourth-order valence-electron chi connectivity index (χ4n) is 3.16. The number of nitrogen functional groups attached to an aromatic ring is 1. The normalized spacial score (nSPS) is 22.2. The van der Waals surface area contributed by atoms with Crippen molar-refractivity contribution in [3.8, 4) is 0 Å². The summed E-state index contributed by atoms with van der Waals surface area (Å²) in [7, 11) is 2.00. The van der Waals surface area contributed by atoms with E-state index < -0.39 is 0 Å². The van der Waals surface area contributed by atoms with Crippen LogP contribution in [0.1, 0.15) is 51.1 Å². The molecule has 2 aliphatic rings. The maximum Gasteiger partial charge on any atom is 0.199 e. The largest absolute Gasteiger partial charge is 0.393 e. The van der Waals surface area contributed by atoms with Crippen LogP contribution >= 0.6 is 0 Å². The SMILES string of the molecule is CCCCN=C1NC(N=C2CCC(O)CC2)=C(c2cnc(N)cn2)CN1C. The number of anilines is 1. The van der Waals surface area contributed by atoms with Gasteiger partial charge in [0.05, 0.1) is 30.7 Å². The summed E-state index contributed by atoms with van der Waals surface area (Å²) >= 11 is 0. The summed E-state index contributed by atoms with van der Waals surface area (Å²) in [5.74, 6) is 1.99. The Labute approximate surface area is 160 Å². The summed E-state index contributed by atoms with van der Waals surface area (Å²) in [5, 5.41) is 13.1. The minimum atomic E-state index is -0.211. The van der Waals surface area contributed by atoms with Crippen molar-refractivity contribution in [2.75, 3.05) is 25.9 Å². The van der Waals surface area contributed by atoms with Gasteiger partial charge in [-0.05, 0) is 32.1 Å². The molecule has 0 aromatic carbocycles. The first-order chi connectivity index (χ1) is 13.1. The van der Waals surface area contributed by atoms with E-state index in [0.717, 1.165) is 73.8 Å². The molecule has 1 aromatic rings. The molecule has 0 bridgehead atoms.